The summed E-state index contributed by atoms with van der Waals surface area (Å²) in [5.74, 6) is -3.02. The van der Waals surface area contributed by atoms with E-state index in [4.69, 9.17) is 14.2 Å². The van der Waals surface area contributed by atoms with Gasteiger partial charge in [-0.25, -0.2) is 21.6 Å². The third kappa shape index (κ3) is 5.35. The number of nitrogens with zero attached hydrogens (tertiary/aromatic N) is 1. The van der Waals surface area contributed by atoms with E-state index in [0.717, 1.165) is 0 Å². The highest BCUT2D eigenvalue weighted by molar-refractivity contribution is 8.04. The van der Waals surface area contributed by atoms with E-state index in [9.17, 15) is 34.8 Å². The standard InChI is InChI=1S/C20H22F3NO8S2/c1-33(26,27)24(34(28,29)20(21,22)23)14-17(32-18(25)15-8-4-2-5-9-15)19(30-12-13-31-19)16-10-6-3-7-11-16/h2-4,6-8,10-11,17H,5,9,12-14H2,1H3. The molecule has 0 radical (unpaired) electrons. The number of benzene rings is 1. The lowest BCUT2D eigenvalue weighted by atomic mass is 9.99. The summed E-state index contributed by atoms with van der Waals surface area (Å²) in [6.07, 6.45) is 3.96. The zero-order chi connectivity index (χ0) is 25.2. The fourth-order valence-electron chi connectivity index (χ4n) is 3.51. The predicted octanol–water partition coefficient (Wildman–Crippen LogP) is 2.19. The number of hydrogen-bond acceptors (Lipinski definition) is 8. The minimum absolute atomic E-state index is 0.0702. The molecule has 34 heavy (non-hydrogen) atoms. The van der Waals surface area contributed by atoms with Crippen LogP contribution in [0.5, 0.6) is 0 Å². The average molecular weight is 526 g/mol. The molecule has 188 valence electrons. The summed E-state index contributed by atoms with van der Waals surface area (Å²) in [7, 11) is -11.4. The number of esters is 1. The second-order valence-electron chi connectivity index (χ2n) is 7.45. The maximum Gasteiger partial charge on any atom is 0.512 e. The second-order valence-corrected chi connectivity index (χ2v) is 11.4. The summed E-state index contributed by atoms with van der Waals surface area (Å²) >= 11 is 0. The lowest BCUT2D eigenvalue weighted by molar-refractivity contribution is -0.238. The van der Waals surface area contributed by atoms with Gasteiger partial charge in [-0.2, -0.15) is 13.2 Å². The Kier molecular flexibility index (Phi) is 7.57. The van der Waals surface area contributed by atoms with Gasteiger partial charge in [0.05, 0.1) is 26.0 Å². The largest absolute Gasteiger partial charge is 0.512 e. The van der Waals surface area contributed by atoms with Crippen molar-refractivity contribution in [1.82, 2.24) is 3.71 Å². The van der Waals surface area contributed by atoms with E-state index in [1.807, 2.05) is 0 Å². The highest BCUT2D eigenvalue weighted by Gasteiger charge is 2.57. The summed E-state index contributed by atoms with van der Waals surface area (Å²) in [4.78, 5) is 12.8. The normalized spacial score (nSPS) is 19.6. The topological polar surface area (TPSA) is 116 Å². The number of allylic oxidation sites excluding steroid dienone is 3. The number of hydrogen-bond donors (Lipinski definition) is 0. The molecule has 1 unspecified atom stereocenters. The van der Waals surface area contributed by atoms with Gasteiger partial charge in [-0.3, -0.25) is 0 Å². The Balaban J connectivity index is 2.11. The van der Waals surface area contributed by atoms with Crippen molar-refractivity contribution >= 4 is 26.0 Å². The van der Waals surface area contributed by atoms with Crippen LogP contribution in [0.15, 0.2) is 54.1 Å². The zero-order valence-electron chi connectivity index (χ0n) is 17.9. The van der Waals surface area contributed by atoms with E-state index in [1.54, 1.807) is 30.4 Å². The van der Waals surface area contributed by atoms with Crippen molar-refractivity contribution in [2.45, 2.75) is 30.2 Å². The van der Waals surface area contributed by atoms with Crippen LogP contribution in [0.4, 0.5) is 13.2 Å². The minimum atomic E-state index is -6.37. The van der Waals surface area contributed by atoms with Crippen molar-refractivity contribution in [2.75, 3.05) is 26.0 Å². The molecule has 0 spiro atoms. The third-order valence-corrected chi connectivity index (χ3v) is 8.65. The van der Waals surface area contributed by atoms with Gasteiger partial charge in [0.25, 0.3) is 0 Å². The zero-order valence-corrected chi connectivity index (χ0v) is 19.5. The Morgan fingerprint density at radius 2 is 1.76 bits per heavy atom. The maximum absolute atomic E-state index is 13.3. The van der Waals surface area contributed by atoms with Gasteiger partial charge in [-0.15, -0.1) is 0 Å². The first kappa shape index (κ1) is 26.3. The monoisotopic (exact) mass is 525 g/mol. The molecule has 3 rings (SSSR count). The number of alkyl halides is 3. The Morgan fingerprint density at radius 3 is 2.26 bits per heavy atom. The summed E-state index contributed by atoms with van der Waals surface area (Å²) in [6, 6.07) is 7.67. The van der Waals surface area contributed by atoms with Crippen molar-refractivity contribution < 1.29 is 49.0 Å². The van der Waals surface area contributed by atoms with Crippen LogP contribution < -0.4 is 0 Å². The first-order valence-electron chi connectivity index (χ1n) is 9.98. The Labute approximate surface area is 194 Å². The summed E-state index contributed by atoms with van der Waals surface area (Å²) in [5, 5.41) is 0. The number of rotatable bonds is 8. The van der Waals surface area contributed by atoms with E-state index in [-0.39, 0.29) is 30.8 Å². The van der Waals surface area contributed by atoms with Gasteiger partial charge in [-0.1, -0.05) is 52.3 Å². The molecular formula is C20H22F3NO8S2. The Hall–Kier alpha value is -2.26. The Bertz CT molecular complexity index is 1170. The lowest BCUT2D eigenvalue weighted by Crippen LogP contribution is -2.54. The van der Waals surface area contributed by atoms with Crippen molar-refractivity contribution in [2.24, 2.45) is 0 Å². The maximum atomic E-state index is 13.3. The second kappa shape index (κ2) is 9.77. The molecule has 1 fully saturated rings. The van der Waals surface area contributed by atoms with Crippen LogP contribution in [0, 0.1) is 0 Å². The number of halogens is 3. The van der Waals surface area contributed by atoms with Gasteiger partial charge < -0.3 is 14.2 Å². The van der Waals surface area contributed by atoms with Crippen LogP contribution in [0.3, 0.4) is 0 Å². The van der Waals surface area contributed by atoms with E-state index >= 15 is 0 Å². The quantitative estimate of drug-likeness (QED) is 0.475. The first-order valence-corrected chi connectivity index (χ1v) is 13.3. The first-order chi connectivity index (χ1) is 15.8. The van der Waals surface area contributed by atoms with Crippen molar-refractivity contribution in [1.29, 1.82) is 0 Å². The molecule has 0 saturated carbocycles. The highest BCUT2D eigenvalue weighted by atomic mass is 32.3. The minimum Gasteiger partial charge on any atom is -0.451 e. The molecule has 1 aliphatic heterocycles. The SMILES string of the molecule is CS(=O)(=O)N(CC(OC(=O)C1=CC=CCC1)C1(c2ccccc2)OCCO1)S(=O)(=O)C(F)(F)F. The number of carbonyl (C=O) groups excluding carboxylic acids is 1. The van der Waals surface area contributed by atoms with Gasteiger partial charge in [0, 0.05) is 11.1 Å². The molecule has 9 nitrogen and oxygen atoms in total. The fraction of sp³-hybridized carbons (Fsp3) is 0.450. The highest BCUT2D eigenvalue weighted by Crippen LogP contribution is 2.39. The molecular weight excluding hydrogens is 503 g/mol. The number of ether oxygens (including phenoxy) is 3. The van der Waals surface area contributed by atoms with Gasteiger partial charge >= 0.3 is 21.5 Å². The molecule has 0 bridgehead atoms. The molecule has 2 aliphatic rings. The molecule has 14 heteroatoms. The van der Waals surface area contributed by atoms with Crippen LogP contribution in [0.1, 0.15) is 18.4 Å². The average Bonchev–Trinajstić information content (AvgIpc) is 3.27. The van der Waals surface area contributed by atoms with E-state index in [0.29, 0.717) is 12.7 Å². The van der Waals surface area contributed by atoms with Gasteiger partial charge in [-0.05, 0) is 12.8 Å². The molecule has 0 amide bonds. The summed E-state index contributed by atoms with van der Waals surface area (Å²) in [6.45, 7) is -1.57. The van der Waals surface area contributed by atoms with Crippen molar-refractivity contribution in [3.63, 3.8) is 0 Å². The summed E-state index contributed by atoms with van der Waals surface area (Å²) in [5.41, 5.74) is -5.57. The molecule has 1 aromatic rings. The van der Waals surface area contributed by atoms with Gasteiger partial charge in [0.2, 0.25) is 15.8 Å². The molecule has 1 aromatic carbocycles. The van der Waals surface area contributed by atoms with Gasteiger partial charge in [0.15, 0.2) is 6.10 Å². The van der Waals surface area contributed by atoms with Crippen LogP contribution >= 0.6 is 0 Å². The molecule has 1 saturated heterocycles. The van der Waals surface area contributed by atoms with E-state index in [2.05, 4.69) is 0 Å². The molecule has 0 aromatic heterocycles. The van der Waals surface area contributed by atoms with Crippen molar-refractivity contribution in [3.05, 3.63) is 59.7 Å². The lowest BCUT2D eigenvalue weighted by Gasteiger charge is -2.37. The predicted molar refractivity (Wildman–Crippen MR) is 113 cm³/mol. The van der Waals surface area contributed by atoms with Crippen LogP contribution in [0.25, 0.3) is 0 Å². The van der Waals surface area contributed by atoms with Crippen LogP contribution in [-0.2, 0) is 44.8 Å². The van der Waals surface area contributed by atoms with Crippen LogP contribution in [0.2, 0.25) is 0 Å². The fourth-order valence-corrected chi connectivity index (χ4v) is 6.16. The molecule has 1 atom stereocenters. The van der Waals surface area contributed by atoms with E-state index < -0.39 is 53.7 Å². The van der Waals surface area contributed by atoms with Crippen LogP contribution in [-0.4, -0.2) is 64.1 Å². The number of sulfonamides is 2. The number of carbonyl (C=O) groups is 1. The van der Waals surface area contributed by atoms with Gasteiger partial charge in [0.1, 0.15) is 0 Å². The molecule has 1 aliphatic carbocycles. The molecule has 1 heterocycles. The molecule has 0 N–H and O–H groups in total. The third-order valence-electron chi connectivity index (χ3n) is 5.09. The Morgan fingerprint density at radius 1 is 1.15 bits per heavy atom. The smallest absolute Gasteiger partial charge is 0.451 e. The van der Waals surface area contributed by atoms with E-state index in [1.165, 1.54) is 18.2 Å². The van der Waals surface area contributed by atoms with Crippen molar-refractivity contribution in [3.8, 4) is 0 Å². The summed E-state index contributed by atoms with van der Waals surface area (Å²) < 4.78 is 105.